The zero-order valence-corrected chi connectivity index (χ0v) is 14.4. The third-order valence-corrected chi connectivity index (χ3v) is 4.01. The van der Waals surface area contributed by atoms with Gasteiger partial charge in [0.25, 0.3) is 0 Å². The Hall–Kier alpha value is -1.69. The van der Waals surface area contributed by atoms with E-state index in [0.717, 1.165) is 30.2 Å². The number of carbonyl (C=O) groups is 1. The molecule has 1 aromatic heterocycles. The van der Waals surface area contributed by atoms with Crippen molar-refractivity contribution in [2.24, 2.45) is 5.73 Å². The lowest BCUT2D eigenvalue weighted by Gasteiger charge is -2.29. The van der Waals surface area contributed by atoms with Crippen molar-refractivity contribution in [2.45, 2.75) is 19.6 Å². The first kappa shape index (κ1) is 17.7. The molecule has 1 unspecified atom stereocenters. The van der Waals surface area contributed by atoms with E-state index in [9.17, 15) is 4.79 Å². The number of aryl methyl sites for hydroxylation is 1. The Morgan fingerprint density at radius 1 is 1.43 bits per heavy atom. The van der Waals surface area contributed by atoms with Crippen LogP contribution in [0.2, 0.25) is 5.02 Å². The maximum Gasteiger partial charge on any atom is 0.250 e. The first-order chi connectivity index (χ1) is 10.4. The number of amides is 1. The van der Waals surface area contributed by atoms with Gasteiger partial charge < -0.3 is 14.9 Å². The van der Waals surface area contributed by atoms with E-state index in [1.54, 1.807) is 18.2 Å². The highest BCUT2D eigenvalue weighted by atomic mass is 35.5. The highest BCUT2D eigenvalue weighted by Crippen LogP contribution is 2.33. The number of nitrogens with zero attached hydrogens (tertiary/aromatic N) is 1. The number of likely N-dealkylation sites (N-methyl/N-ethyl adjacent to an activating group) is 1. The van der Waals surface area contributed by atoms with Gasteiger partial charge in [-0.25, -0.2) is 0 Å². The minimum absolute atomic E-state index is 0. The van der Waals surface area contributed by atoms with Crippen LogP contribution in [0.5, 0.6) is 5.75 Å². The molecule has 0 fully saturated rings. The van der Waals surface area contributed by atoms with Crippen LogP contribution in [0.4, 0.5) is 0 Å². The van der Waals surface area contributed by atoms with Gasteiger partial charge in [-0.1, -0.05) is 11.6 Å². The fourth-order valence-electron chi connectivity index (χ4n) is 2.70. The van der Waals surface area contributed by atoms with Crippen LogP contribution < -0.4 is 10.5 Å². The zero-order valence-electron chi connectivity index (χ0n) is 12.8. The summed E-state index contributed by atoms with van der Waals surface area (Å²) in [5.74, 6) is 1.77. The molecule has 23 heavy (non-hydrogen) atoms. The first-order valence-corrected chi connectivity index (χ1v) is 7.35. The van der Waals surface area contributed by atoms with Crippen LogP contribution >= 0.6 is 24.0 Å². The van der Waals surface area contributed by atoms with Crippen LogP contribution in [0.1, 0.15) is 33.5 Å². The van der Waals surface area contributed by atoms with Crippen molar-refractivity contribution in [3.63, 3.8) is 0 Å². The van der Waals surface area contributed by atoms with Crippen molar-refractivity contribution < 1.29 is 13.9 Å². The summed E-state index contributed by atoms with van der Waals surface area (Å²) in [7, 11) is 2.01. The van der Waals surface area contributed by atoms with Gasteiger partial charge in [0.2, 0.25) is 5.91 Å². The third kappa shape index (κ3) is 3.63. The molecule has 1 aromatic carbocycles. The molecule has 0 spiro atoms. The Morgan fingerprint density at radius 3 is 2.87 bits per heavy atom. The Morgan fingerprint density at radius 2 is 2.17 bits per heavy atom. The Bertz CT molecular complexity index is 730. The van der Waals surface area contributed by atoms with Gasteiger partial charge in [0.1, 0.15) is 23.4 Å². The van der Waals surface area contributed by atoms with Crippen LogP contribution in [-0.2, 0) is 6.54 Å². The highest BCUT2D eigenvalue weighted by molar-refractivity contribution is 6.33. The van der Waals surface area contributed by atoms with Crippen LogP contribution in [0.15, 0.2) is 28.7 Å². The monoisotopic (exact) mass is 356 g/mol. The predicted molar refractivity (Wildman–Crippen MR) is 90.4 cm³/mol. The molecule has 1 aliphatic heterocycles. The topological polar surface area (TPSA) is 68.7 Å². The van der Waals surface area contributed by atoms with Crippen molar-refractivity contribution in [3.8, 4) is 5.75 Å². The number of carbonyl (C=O) groups excluding carboxylic acids is 1. The largest absolute Gasteiger partial charge is 0.484 e. The minimum atomic E-state index is -0.573. The second-order valence-corrected chi connectivity index (χ2v) is 5.95. The molecule has 1 aliphatic rings. The lowest BCUT2D eigenvalue weighted by Crippen LogP contribution is -2.32. The van der Waals surface area contributed by atoms with Gasteiger partial charge in [-0.15, -0.1) is 12.4 Å². The van der Waals surface area contributed by atoms with Gasteiger partial charge >= 0.3 is 0 Å². The van der Waals surface area contributed by atoms with Crippen molar-refractivity contribution in [1.82, 2.24) is 4.90 Å². The summed E-state index contributed by atoms with van der Waals surface area (Å²) < 4.78 is 11.8. The lowest BCUT2D eigenvalue weighted by atomic mass is 10.0. The van der Waals surface area contributed by atoms with E-state index in [1.165, 1.54) is 0 Å². The number of benzene rings is 1. The number of ether oxygens (including phenoxy) is 1. The molecule has 0 radical (unpaired) electrons. The molecular formula is C16H18Cl2N2O3. The number of hydrogen-bond acceptors (Lipinski definition) is 4. The van der Waals surface area contributed by atoms with Crippen molar-refractivity contribution in [2.75, 3.05) is 13.6 Å². The average molecular weight is 357 g/mol. The number of rotatable bonds is 3. The second kappa shape index (κ2) is 6.83. The summed E-state index contributed by atoms with van der Waals surface area (Å²) in [4.78, 5) is 13.5. The van der Waals surface area contributed by atoms with Crippen LogP contribution in [0.25, 0.3) is 0 Å². The molecule has 0 bridgehead atoms. The standard InChI is InChI=1S/C16H17ClN2O3.ClH/c1-9-5-12-14(21-9)7-19(2)8-15(12)22-10-3-4-13(17)11(6-10)16(18)20;/h3-6,15H,7-8H2,1-2H3,(H2,18,20);1H. The maximum atomic E-state index is 11.4. The van der Waals surface area contributed by atoms with E-state index in [0.29, 0.717) is 10.8 Å². The summed E-state index contributed by atoms with van der Waals surface area (Å²) in [6, 6.07) is 6.92. The maximum absolute atomic E-state index is 11.4. The molecule has 1 amide bonds. The van der Waals surface area contributed by atoms with Gasteiger partial charge in [-0.2, -0.15) is 0 Å². The van der Waals surface area contributed by atoms with Gasteiger partial charge in [-0.3, -0.25) is 9.69 Å². The summed E-state index contributed by atoms with van der Waals surface area (Å²) in [6.07, 6.45) is -0.159. The van der Waals surface area contributed by atoms with Crippen LogP contribution in [0, 0.1) is 6.92 Å². The molecule has 5 nitrogen and oxygen atoms in total. The Labute approximate surface area is 145 Å². The number of primary amides is 1. The fourth-order valence-corrected chi connectivity index (χ4v) is 2.91. The summed E-state index contributed by atoms with van der Waals surface area (Å²) in [5, 5.41) is 0.320. The molecule has 0 saturated heterocycles. The van der Waals surface area contributed by atoms with Gasteiger partial charge in [-0.05, 0) is 38.2 Å². The summed E-state index contributed by atoms with van der Waals surface area (Å²) >= 11 is 5.96. The molecule has 7 heteroatoms. The van der Waals surface area contributed by atoms with E-state index in [1.807, 2.05) is 20.0 Å². The normalized spacial score (nSPS) is 17.3. The molecule has 0 saturated carbocycles. The molecule has 2 heterocycles. The number of fused-ring (bicyclic) bond motifs is 1. The van der Waals surface area contributed by atoms with Gasteiger partial charge in [0.15, 0.2) is 0 Å². The number of nitrogens with two attached hydrogens (primary N) is 1. The zero-order chi connectivity index (χ0) is 15.9. The Balaban J connectivity index is 0.00000192. The summed E-state index contributed by atoms with van der Waals surface area (Å²) in [6.45, 7) is 3.42. The molecular weight excluding hydrogens is 339 g/mol. The molecule has 2 aromatic rings. The van der Waals surface area contributed by atoms with Crippen LogP contribution in [-0.4, -0.2) is 24.4 Å². The number of hydrogen-bond donors (Lipinski definition) is 1. The van der Waals surface area contributed by atoms with E-state index in [2.05, 4.69) is 4.90 Å². The number of halogens is 2. The van der Waals surface area contributed by atoms with E-state index < -0.39 is 5.91 Å². The quantitative estimate of drug-likeness (QED) is 0.915. The van der Waals surface area contributed by atoms with E-state index in [-0.39, 0.29) is 24.1 Å². The van der Waals surface area contributed by atoms with E-state index >= 15 is 0 Å². The van der Waals surface area contributed by atoms with Gasteiger partial charge in [0.05, 0.1) is 17.1 Å². The SMILES string of the molecule is Cc1cc2c(o1)CN(C)CC2Oc1ccc(Cl)c(C(N)=O)c1.Cl. The lowest BCUT2D eigenvalue weighted by molar-refractivity contribution is 0.0997. The van der Waals surface area contributed by atoms with Gasteiger partial charge in [0, 0.05) is 12.1 Å². The summed E-state index contributed by atoms with van der Waals surface area (Å²) in [5.41, 5.74) is 6.62. The smallest absolute Gasteiger partial charge is 0.250 e. The molecule has 3 rings (SSSR count). The molecule has 124 valence electrons. The fraction of sp³-hybridized carbons (Fsp3) is 0.312. The minimum Gasteiger partial charge on any atom is -0.484 e. The van der Waals surface area contributed by atoms with Crippen molar-refractivity contribution in [3.05, 3.63) is 51.9 Å². The molecule has 2 N–H and O–H groups in total. The van der Waals surface area contributed by atoms with E-state index in [4.69, 9.17) is 26.5 Å². The molecule has 1 atom stereocenters. The van der Waals surface area contributed by atoms with Crippen molar-refractivity contribution in [1.29, 1.82) is 0 Å². The number of furan rings is 1. The predicted octanol–water partition coefficient (Wildman–Crippen LogP) is 3.33. The van der Waals surface area contributed by atoms with Crippen molar-refractivity contribution >= 4 is 29.9 Å². The first-order valence-electron chi connectivity index (χ1n) is 6.98. The average Bonchev–Trinajstić information content (AvgIpc) is 2.81. The second-order valence-electron chi connectivity index (χ2n) is 5.54. The molecule has 0 aliphatic carbocycles. The third-order valence-electron chi connectivity index (χ3n) is 3.68. The highest BCUT2D eigenvalue weighted by Gasteiger charge is 2.28. The Kier molecular flexibility index (Phi) is 5.24. The van der Waals surface area contributed by atoms with Crippen LogP contribution in [0.3, 0.4) is 0 Å².